The number of benzene rings is 1. The van der Waals surface area contributed by atoms with Crippen LogP contribution in [0.15, 0.2) is 18.5 Å². The molecule has 25 heavy (non-hydrogen) atoms. The van der Waals surface area contributed by atoms with Crippen LogP contribution in [-0.4, -0.2) is 61.2 Å². The zero-order valence-electron chi connectivity index (χ0n) is 14.7. The lowest BCUT2D eigenvalue weighted by atomic mass is 9.92. The summed E-state index contributed by atoms with van der Waals surface area (Å²) >= 11 is 0. The molecule has 7 nitrogen and oxygen atoms in total. The molecular weight excluding hydrogens is 320 g/mol. The molecule has 4 rings (SSSR count). The number of ether oxygens (including phenoxy) is 2. The zero-order chi connectivity index (χ0) is 17.6. The van der Waals surface area contributed by atoms with Crippen molar-refractivity contribution in [3.8, 4) is 11.5 Å². The number of carbonyl (C=O) groups is 1. The average Bonchev–Trinajstić information content (AvgIpc) is 2.93. The summed E-state index contributed by atoms with van der Waals surface area (Å²) in [7, 11) is 5.14. The molecule has 0 saturated carbocycles. The SMILES string of the molecule is COc1cc2ncnc(N3CC[C@@H]4CC(=O)N(C)[C@@H]4C3)c2cc1OC. The number of rotatable bonds is 3. The van der Waals surface area contributed by atoms with Gasteiger partial charge in [0.15, 0.2) is 11.5 Å². The largest absolute Gasteiger partial charge is 0.493 e. The summed E-state index contributed by atoms with van der Waals surface area (Å²) in [4.78, 5) is 25.1. The van der Waals surface area contributed by atoms with E-state index in [9.17, 15) is 4.79 Å². The van der Waals surface area contributed by atoms with E-state index in [0.717, 1.165) is 36.2 Å². The van der Waals surface area contributed by atoms with Crippen molar-refractivity contribution in [2.45, 2.75) is 18.9 Å². The first kappa shape index (κ1) is 15.9. The summed E-state index contributed by atoms with van der Waals surface area (Å²) in [6.07, 6.45) is 3.25. The fraction of sp³-hybridized carbons (Fsp3) is 0.500. The molecule has 132 valence electrons. The second-order valence-electron chi connectivity index (χ2n) is 6.69. The number of nitrogens with zero attached hydrogens (tertiary/aromatic N) is 4. The van der Waals surface area contributed by atoms with E-state index in [2.05, 4.69) is 14.9 Å². The number of amides is 1. The molecule has 2 saturated heterocycles. The molecule has 0 radical (unpaired) electrons. The van der Waals surface area contributed by atoms with Gasteiger partial charge in [0.1, 0.15) is 12.1 Å². The number of fused-ring (bicyclic) bond motifs is 2. The molecule has 1 aromatic carbocycles. The van der Waals surface area contributed by atoms with Gasteiger partial charge in [-0.2, -0.15) is 0 Å². The lowest BCUT2D eigenvalue weighted by Gasteiger charge is -2.38. The third-order valence-electron chi connectivity index (χ3n) is 5.47. The molecule has 0 N–H and O–H groups in total. The third-order valence-corrected chi connectivity index (χ3v) is 5.47. The summed E-state index contributed by atoms with van der Waals surface area (Å²) in [5.41, 5.74) is 0.820. The van der Waals surface area contributed by atoms with Crippen LogP contribution in [0.25, 0.3) is 10.9 Å². The van der Waals surface area contributed by atoms with Crippen molar-refractivity contribution in [1.29, 1.82) is 0 Å². The first-order valence-electron chi connectivity index (χ1n) is 8.49. The van der Waals surface area contributed by atoms with E-state index >= 15 is 0 Å². The molecule has 0 spiro atoms. The Bertz CT molecular complexity index is 825. The van der Waals surface area contributed by atoms with E-state index in [1.54, 1.807) is 20.5 Å². The van der Waals surface area contributed by atoms with Crippen LogP contribution in [0.1, 0.15) is 12.8 Å². The van der Waals surface area contributed by atoms with Crippen molar-refractivity contribution in [2.24, 2.45) is 5.92 Å². The number of likely N-dealkylation sites (tertiary alicyclic amines) is 1. The Morgan fingerprint density at radius 1 is 1.16 bits per heavy atom. The van der Waals surface area contributed by atoms with Gasteiger partial charge in [0.2, 0.25) is 5.91 Å². The molecule has 2 aliphatic heterocycles. The van der Waals surface area contributed by atoms with Gasteiger partial charge in [0.05, 0.1) is 25.8 Å². The quantitative estimate of drug-likeness (QED) is 0.846. The van der Waals surface area contributed by atoms with Crippen molar-refractivity contribution in [3.63, 3.8) is 0 Å². The zero-order valence-corrected chi connectivity index (χ0v) is 14.7. The molecule has 0 bridgehead atoms. The summed E-state index contributed by atoms with van der Waals surface area (Å²) in [6.45, 7) is 1.69. The number of likely N-dealkylation sites (N-methyl/N-ethyl adjacent to an activating group) is 1. The number of aromatic nitrogens is 2. The normalized spacial score (nSPS) is 23.1. The van der Waals surface area contributed by atoms with Gasteiger partial charge in [-0.3, -0.25) is 4.79 Å². The minimum absolute atomic E-state index is 0.246. The number of methoxy groups -OCH3 is 2. The minimum Gasteiger partial charge on any atom is -0.493 e. The predicted molar refractivity (Wildman–Crippen MR) is 94.1 cm³/mol. The number of piperidine rings is 1. The molecule has 1 amide bonds. The van der Waals surface area contributed by atoms with Crippen LogP contribution in [0.3, 0.4) is 0 Å². The molecule has 2 aromatic rings. The van der Waals surface area contributed by atoms with E-state index in [1.807, 2.05) is 24.1 Å². The number of hydrogen-bond donors (Lipinski definition) is 0. The van der Waals surface area contributed by atoms with Crippen LogP contribution in [0, 0.1) is 5.92 Å². The van der Waals surface area contributed by atoms with Crippen molar-refractivity contribution in [2.75, 3.05) is 39.3 Å². The number of anilines is 1. The van der Waals surface area contributed by atoms with Crippen molar-refractivity contribution in [1.82, 2.24) is 14.9 Å². The van der Waals surface area contributed by atoms with Crippen molar-refractivity contribution in [3.05, 3.63) is 18.5 Å². The van der Waals surface area contributed by atoms with Crippen LogP contribution in [0.4, 0.5) is 5.82 Å². The number of carbonyl (C=O) groups excluding carboxylic acids is 1. The van der Waals surface area contributed by atoms with Gasteiger partial charge in [-0.1, -0.05) is 0 Å². The minimum atomic E-state index is 0.246. The smallest absolute Gasteiger partial charge is 0.222 e. The van der Waals surface area contributed by atoms with Gasteiger partial charge in [0, 0.05) is 38.0 Å². The van der Waals surface area contributed by atoms with E-state index in [0.29, 0.717) is 23.8 Å². The summed E-state index contributed by atoms with van der Waals surface area (Å²) in [5, 5.41) is 0.936. The Morgan fingerprint density at radius 3 is 2.68 bits per heavy atom. The molecular formula is C18H22N4O3. The van der Waals surface area contributed by atoms with Gasteiger partial charge in [-0.05, 0) is 18.4 Å². The maximum Gasteiger partial charge on any atom is 0.222 e. The fourth-order valence-corrected chi connectivity index (χ4v) is 4.02. The average molecular weight is 342 g/mol. The molecule has 2 atom stereocenters. The highest BCUT2D eigenvalue weighted by molar-refractivity contribution is 5.92. The Hall–Kier alpha value is -2.57. The topological polar surface area (TPSA) is 67.8 Å². The van der Waals surface area contributed by atoms with Gasteiger partial charge >= 0.3 is 0 Å². The maximum absolute atomic E-state index is 12.0. The van der Waals surface area contributed by atoms with E-state index in [4.69, 9.17) is 9.47 Å². The van der Waals surface area contributed by atoms with E-state index in [1.165, 1.54) is 0 Å². The van der Waals surface area contributed by atoms with Crippen LogP contribution in [-0.2, 0) is 4.79 Å². The third kappa shape index (κ3) is 2.54. The van der Waals surface area contributed by atoms with E-state index in [-0.39, 0.29) is 11.9 Å². The first-order chi connectivity index (χ1) is 12.1. The summed E-state index contributed by atoms with van der Waals surface area (Å²) in [6, 6.07) is 4.06. The Morgan fingerprint density at radius 2 is 1.92 bits per heavy atom. The molecule has 2 fully saturated rings. The van der Waals surface area contributed by atoms with E-state index < -0.39 is 0 Å². The van der Waals surface area contributed by atoms with Gasteiger partial charge in [0.25, 0.3) is 0 Å². The molecule has 0 aliphatic carbocycles. The van der Waals surface area contributed by atoms with Crippen LogP contribution >= 0.6 is 0 Å². The van der Waals surface area contributed by atoms with Crippen LogP contribution in [0.2, 0.25) is 0 Å². The maximum atomic E-state index is 12.0. The molecule has 3 heterocycles. The highest BCUT2D eigenvalue weighted by Crippen LogP contribution is 2.37. The lowest BCUT2D eigenvalue weighted by Crippen LogP contribution is -2.47. The second-order valence-corrected chi connectivity index (χ2v) is 6.69. The molecule has 2 aliphatic rings. The van der Waals surface area contributed by atoms with Crippen molar-refractivity contribution < 1.29 is 14.3 Å². The Balaban J connectivity index is 1.73. The van der Waals surface area contributed by atoms with Gasteiger partial charge in [-0.25, -0.2) is 9.97 Å². The Kier molecular flexibility index (Phi) is 3.86. The standard InChI is InChI=1S/C18H22N4O3/c1-21-14-9-22(5-4-11(14)6-17(21)23)18-12-7-15(24-2)16(25-3)8-13(12)19-10-20-18/h7-8,10-11,14H,4-6,9H2,1-3H3/t11-,14-/m1/s1. The van der Waals surface area contributed by atoms with Crippen molar-refractivity contribution >= 4 is 22.6 Å². The molecule has 0 unspecified atom stereocenters. The summed E-state index contributed by atoms with van der Waals surface area (Å²) in [5.74, 6) is 2.90. The lowest BCUT2D eigenvalue weighted by molar-refractivity contribution is -0.127. The predicted octanol–water partition coefficient (Wildman–Crippen LogP) is 1.70. The first-order valence-corrected chi connectivity index (χ1v) is 8.49. The fourth-order valence-electron chi connectivity index (χ4n) is 4.02. The van der Waals surface area contributed by atoms with Crippen LogP contribution < -0.4 is 14.4 Å². The Labute approximate surface area is 146 Å². The highest BCUT2D eigenvalue weighted by atomic mass is 16.5. The van der Waals surface area contributed by atoms with Gasteiger partial charge < -0.3 is 19.3 Å². The summed E-state index contributed by atoms with van der Waals surface area (Å²) < 4.78 is 10.8. The second kappa shape index (κ2) is 6.06. The monoisotopic (exact) mass is 342 g/mol. The van der Waals surface area contributed by atoms with Gasteiger partial charge in [-0.15, -0.1) is 0 Å². The van der Waals surface area contributed by atoms with Crippen LogP contribution in [0.5, 0.6) is 11.5 Å². The molecule has 7 heteroatoms. The highest BCUT2D eigenvalue weighted by Gasteiger charge is 2.41. The number of hydrogen-bond acceptors (Lipinski definition) is 6. The molecule has 1 aromatic heterocycles.